The number of thioether (sulfide) groups is 1. The van der Waals surface area contributed by atoms with Crippen molar-refractivity contribution >= 4 is 57.3 Å². The first-order chi connectivity index (χ1) is 14.0. The topological polar surface area (TPSA) is 85.8 Å². The molecule has 1 heterocycles. The van der Waals surface area contributed by atoms with Gasteiger partial charge in [-0.3, -0.25) is 4.79 Å². The van der Waals surface area contributed by atoms with Gasteiger partial charge in [0.2, 0.25) is 11.1 Å². The first kappa shape index (κ1) is 19.6. The predicted octanol–water partition coefficient (Wildman–Crippen LogP) is 4.85. The summed E-state index contributed by atoms with van der Waals surface area (Å²) in [6, 6.07) is 18.8. The number of nitrogens with one attached hydrogen (secondary N) is 1. The molecule has 0 fully saturated rings. The number of benzene rings is 3. The van der Waals surface area contributed by atoms with Gasteiger partial charge in [-0.2, -0.15) is 0 Å². The van der Waals surface area contributed by atoms with E-state index in [0.29, 0.717) is 26.6 Å². The second kappa shape index (κ2) is 8.32. The summed E-state index contributed by atoms with van der Waals surface area (Å²) in [5, 5.41) is 14.5. The Morgan fingerprint density at radius 1 is 1.00 bits per heavy atom. The van der Waals surface area contributed by atoms with Crippen molar-refractivity contribution in [3.05, 3.63) is 70.7 Å². The molecule has 0 atom stereocenters. The molecule has 146 valence electrons. The SMILES string of the molecule is Nn1c(SCC(=O)Nc2ccc3ccccc3c2)nnc1-c1ccc(Cl)c(Cl)c1. The van der Waals surface area contributed by atoms with Gasteiger partial charge >= 0.3 is 0 Å². The van der Waals surface area contributed by atoms with Crippen molar-refractivity contribution in [1.29, 1.82) is 0 Å². The van der Waals surface area contributed by atoms with Crippen molar-refractivity contribution in [3.63, 3.8) is 0 Å². The van der Waals surface area contributed by atoms with E-state index in [2.05, 4.69) is 15.5 Å². The zero-order chi connectivity index (χ0) is 20.4. The average molecular weight is 444 g/mol. The highest BCUT2D eigenvalue weighted by atomic mass is 35.5. The average Bonchev–Trinajstić information content (AvgIpc) is 3.09. The third-order valence-electron chi connectivity index (χ3n) is 4.21. The normalized spacial score (nSPS) is 11.0. The molecule has 4 rings (SSSR count). The summed E-state index contributed by atoms with van der Waals surface area (Å²) in [5.41, 5.74) is 1.42. The van der Waals surface area contributed by atoms with Crippen molar-refractivity contribution in [2.45, 2.75) is 5.16 Å². The molecule has 0 radical (unpaired) electrons. The van der Waals surface area contributed by atoms with Gasteiger partial charge in [0.05, 0.1) is 15.8 Å². The minimum absolute atomic E-state index is 0.142. The summed E-state index contributed by atoms with van der Waals surface area (Å²) in [6.07, 6.45) is 0. The lowest BCUT2D eigenvalue weighted by Gasteiger charge is -2.07. The van der Waals surface area contributed by atoms with E-state index in [1.165, 1.54) is 16.4 Å². The fourth-order valence-electron chi connectivity index (χ4n) is 2.80. The van der Waals surface area contributed by atoms with Crippen LogP contribution in [0, 0.1) is 0 Å². The number of amides is 1. The number of hydrogen-bond acceptors (Lipinski definition) is 5. The van der Waals surface area contributed by atoms with Gasteiger partial charge in [-0.25, -0.2) is 4.68 Å². The van der Waals surface area contributed by atoms with Crippen LogP contribution < -0.4 is 11.2 Å². The minimum Gasteiger partial charge on any atom is -0.335 e. The van der Waals surface area contributed by atoms with E-state index >= 15 is 0 Å². The van der Waals surface area contributed by atoms with Crippen LogP contribution in [0.5, 0.6) is 0 Å². The molecule has 1 aromatic heterocycles. The van der Waals surface area contributed by atoms with Gasteiger partial charge in [-0.1, -0.05) is 65.3 Å². The van der Waals surface area contributed by atoms with E-state index in [4.69, 9.17) is 29.0 Å². The van der Waals surface area contributed by atoms with Gasteiger partial charge in [0.15, 0.2) is 5.82 Å². The lowest BCUT2D eigenvalue weighted by atomic mass is 10.1. The van der Waals surface area contributed by atoms with Gasteiger partial charge < -0.3 is 11.2 Å². The number of nitrogen functional groups attached to an aromatic ring is 1. The van der Waals surface area contributed by atoms with Crippen molar-refractivity contribution in [3.8, 4) is 11.4 Å². The van der Waals surface area contributed by atoms with Gasteiger partial charge in [-0.05, 0) is 41.1 Å². The number of nitrogens with two attached hydrogens (primary N) is 1. The van der Waals surface area contributed by atoms with E-state index in [-0.39, 0.29) is 11.7 Å². The van der Waals surface area contributed by atoms with E-state index in [1.54, 1.807) is 18.2 Å². The molecule has 4 aromatic rings. The first-order valence-corrected chi connectivity index (χ1v) is 10.3. The fraction of sp³-hybridized carbons (Fsp3) is 0.0500. The molecule has 0 unspecified atom stereocenters. The zero-order valence-electron chi connectivity index (χ0n) is 15.0. The highest BCUT2D eigenvalue weighted by Gasteiger charge is 2.15. The van der Waals surface area contributed by atoms with Crippen LogP contribution in [0.2, 0.25) is 10.0 Å². The number of rotatable bonds is 5. The molecule has 0 aliphatic rings. The lowest BCUT2D eigenvalue weighted by molar-refractivity contribution is -0.113. The molecule has 6 nitrogen and oxygen atoms in total. The molecule has 0 aliphatic heterocycles. The van der Waals surface area contributed by atoms with Gasteiger partial charge in [0.1, 0.15) is 0 Å². The van der Waals surface area contributed by atoms with Crippen LogP contribution in [0.4, 0.5) is 5.69 Å². The number of hydrogen-bond donors (Lipinski definition) is 2. The molecule has 29 heavy (non-hydrogen) atoms. The maximum atomic E-state index is 12.3. The number of halogens is 2. The van der Waals surface area contributed by atoms with Crippen molar-refractivity contribution in [2.24, 2.45) is 0 Å². The molecule has 9 heteroatoms. The predicted molar refractivity (Wildman–Crippen MR) is 119 cm³/mol. The molecular weight excluding hydrogens is 429 g/mol. The Labute approximate surface area is 181 Å². The summed E-state index contributed by atoms with van der Waals surface area (Å²) < 4.78 is 1.33. The molecule has 0 bridgehead atoms. The number of carbonyl (C=O) groups excluding carboxylic acids is 1. The van der Waals surface area contributed by atoms with Crippen LogP contribution in [0.25, 0.3) is 22.2 Å². The van der Waals surface area contributed by atoms with Crippen LogP contribution in [0.1, 0.15) is 0 Å². The van der Waals surface area contributed by atoms with Gasteiger partial charge in [0, 0.05) is 11.3 Å². The smallest absolute Gasteiger partial charge is 0.234 e. The van der Waals surface area contributed by atoms with Gasteiger partial charge in [0.25, 0.3) is 0 Å². The Hall–Kier alpha value is -2.74. The monoisotopic (exact) mass is 443 g/mol. The van der Waals surface area contributed by atoms with Crippen LogP contribution in [-0.2, 0) is 4.79 Å². The first-order valence-electron chi connectivity index (χ1n) is 8.58. The number of carbonyl (C=O) groups is 1. The molecule has 0 spiro atoms. The summed E-state index contributed by atoms with van der Waals surface area (Å²) in [6.45, 7) is 0. The highest BCUT2D eigenvalue weighted by Crippen LogP contribution is 2.28. The Bertz CT molecular complexity index is 1210. The fourth-order valence-corrected chi connectivity index (χ4v) is 3.76. The number of fused-ring (bicyclic) bond motifs is 1. The molecule has 0 saturated carbocycles. The number of nitrogens with zero attached hydrogens (tertiary/aromatic N) is 3. The van der Waals surface area contributed by atoms with Crippen molar-refractivity contribution < 1.29 is 4.79 Å². The third kappa shape index (κ3) is 4.32. The molecule has 0 aliphatic carbocycles. The zero-order valence-corrected chi connectivity index (χ0v) is 17.3. The van der Waals surface area contributed by atoms with Gasteiger partial charge in [-0.15, -0.1) is 10.2 Å². The molecule has 3 aromatic carbocycles. The molecule has 0 saturated heterocycles. The van der Waals surface area contributed by atoms with Crippen LogP contribution in [-0.4, -0.2) is 26.5 Å². The number of aromatic nitrogens is 3. The van der Waals surface area contributed by atoms with Crippen molar-refractivity contribution in [2.75, 3.05) is 16.9 Å². The van der Waals surface area contributed by atoms with E-state index in [9.17, 15) is 4.79 Å². The molecule has 1 amide bonds. The summed E-state index contributed by atoms with van der Waals surface area (Å²) >= 11 is 13.2. The second-order valence-electron chi connectivity index (χ2n) is 6.20. The number of anilines is 1. The second-order valence-corrected chi connectivity index (χ2v) is 7.96. The largest absolute Gasteiger partial charge is 0.335 e. The quantitative estimate of drug-likeness (QED) is 0.340. The molecule has 3 N–H and O–H groups in total. The van der Waals surface area contributed by atoms with E-state index in [0.717, 1.165) is 16.5 Å². The molecular formula is C20H15Cl2N5OS. The standard InChI is InChI=1S/C20H15Cl2N5OS/c21-16-8-6-14(10-17(16)22)19-25-26-20(27(19)23)29-11-18(28)24-15-7-5-12-3-1-2-4-13(12)9-15/h1-10H,11,23H2,(H,24,28). The van der Waals surface area contributed by atoms with Crippen LogP contribution >= 0.6 is 35.0 Å². The summed E-state index contributed by atoms with van der Waals surface area (Å²) in [5.74, 6) is 6.50. The van der Waals surface area contributed by atoms with Crippen molar-refractivity contribution in [1.82, 2.24) is 14.9 Å². The summed E-state index contributed by atoms with van der Waals surface area (Å²) in [7, 11) is 0. The maximum absolute atomic E-state index is 12.3. The lowest BCUT2D eigenvalue weighted by Crippen LogP contribution is -2.16. The highest BCUT2D eigenvalue weighted by molar-refractivity contribution is 7.99. The third-order valence-corrected chi connectivity index (χ3v) is 5.89. The minimum atomic E-state index is -0.163. The Kier molecular flexibility index (Phi) is 5.62. The Morgan fingerprint density at radius 3 is 2.59 bits per heavy atom. The van der Waals surface area contributed by atoms with E-state index < -0.39 is 0 Å². The van der Waals surface area contributed by atoms with Crippen LogP contribution in [0.3, 0.4) is 0 Å². The van der Waals surface area contributed by atoms with Crippen LogP contribution in [0.15, 0.2) is 65.8 Å². The maximum Gasteiger partial charge on any atom is 0.234 e. The Morgan fingerprint density at radius 2 is 1.79 bits per heavy atom. The van der Waals surface area contributed by atoms with E-state index in [1.807, 2.05) is 42.5 Å². The summed E-state index contributed by atoms with van der Waals surface area (Å²) in [4.78, 5) is 12.3. The Balaban J connectivity index is 1.42.